The van der Waals surface area contributed by atoms with Crippen LogP contribution in [0.5, 0.6) is 0 Å². The summed E-state index contributed by atoms with van der Waals surface area (Å²) in [6.45, 7) is 0.539. The summed E-state index contributed by atoms with van der Waals surface area (Å²) >= 11 is 0. The topological polar surface area (TPSA) is 90.4 Å². The van der Waals surface area contributed by atoms with E-state index in [0.29, 0.717) is 5.76 Å². The van der Waals surface area contributed by atoms with E-state index in [2.05, 4.69) is 10.3 Å². The quantitative estimate of drug-likeness (QED) is 0.759. The monoisotopic (exact) mass is 421 g/mol. The molecule has 1 fully saturated rings. The van der Waals surface area contributed by atoms with Gasteiger partial charge in [-0.15, -0.1) is 0 Å². The minimum atomic E-state index is -3.45. The number of rotatable bonds is 5. The maximum Gasteiger partial charge on any atom is 0.285 e. The van der Waals surface area contributed by atoms with E-state index >= 15 is 8.78 Å². The maximum absolute atomic E-state index is 15.1. The molecule has 160 valence electrons. The normalized spacial score (nSPS) is 23.5. The zero-order chi connectivity index (χ0) is 21.5. The summed E-state index contributed by atoms with van der Waals surface area (Å²) in [5.41, 5.74) is 3.75. The fourth-order valence-electron chi connectivity index (χ4n) is 4.03. The van der Waals surface area contributed by atoms with Gasteiger partial charge in [0.25, 0.3) is 11.8 Å². The second-order valence-corrected chi connectivity index (χ2v) is 7.63. The molecule has 3 N–H and O–H groups in total. The molecule has 1 atom stereocenters. The number of oxazole rings is 1. The predicted octanol–water partition coefficient (Wildman–Crippen LogP) is 4.10. The molecular formula is C21H22F3N3O3. The van der Waals surface area contributed by atoms with Crippen molar-refractivity contribution >= 4 is 11.6 Å². The molecule has 1 amide bonds. The van der Waals surface area contributed by atoms with Crippen molar-refractivity contribution in [1.29, 1.82) is 0 Å². The number of benzene rings is 1. The number of aromatic nitrogens is 1. The molecule has 2 heterocycles. The van der Waals surface area contributed by atoms with E-state index in [1.54, 1.807) is 0 Å². The summed E-state index contributed by atoms with van der Waals surface area (Å²) in [4.78, 5) is 16.6. The van der Waals surface area contributed by atoms with Crippen LogP contribution in [0.4, 0.5) is 18.9 Å². The molecule has 4 rings (SSSR count). The molecule has 30 heavy (non-hydrogen) atoms. The van der Waals surface area contributed by atoms with Crippen molar-refractivity contribution in [2.75, 3.05) is 18.5 Å². The first-order valence-corrected chi connectivity index (χ1v) is 9.76. The summed E-state index contributed by atoms with van der Waals surface area (Å²) in [5, 5.41) is 2.61. The third-order valence-corrected chi connectivity index (χ3v) is 5.79. The van der Waals surface area contributed by atoms with Crippen molar-refractivity contribution in [2.24, 2.45) is 5.73 Å². The standard InChI is InChI=1S/C21H22F3N3O3/c1-2-20(16(25)7-8-29-10-21(20,23)24)14-9-13(5-6-15(14)22)27-19(28)17-18(12-3-4-12)30-11-26-17/h5-7,9,11-12H,2-4,8,10,25H2,1H3,(H,27,28)/t20-/m0/s1. The van der Waals surface area contributed by atoms with Gasteiger partial charge in [-0.3, -0.25) is 4.79 Å². The number of anilines is 1. The van der Waals surface area contributed by atoms with Crippen LogP contribution in [0.2, 0.25) is 0 Å². The largest absolute Gasteiger partial charge is 0.447 e. The average molecular weight is 421 g/mol. The second-order valence-electron chi connectivity index (χ2n) is 7.63. The van der Waals surface area contributed by atoms with E-state index in [1.807, 2.05) is 0 Å². The molecule has 0 spiro atoms. The Labute approximate surface area is 171 Å². The van der Waals surface area contributed by atoms with Crippen molar-refractivity contribution in [2.45, 2.75) is 43.4 Å². The van der Waals surface area contributed by atoms with Crippen molar-refractivity contribution in [3.05, 3.63) is 59.2 Å². The molecule has 1 saturated carbocycles. The van der Waals surface area contributed by atoms with Crippen molar-refractivity contribution in [3.63, 3.8) is 0 Å². The van der Waals surface area contributed by atoms with E-state index in [4.69, 9.17) is 14.9 Å². The Balaban J connectivity index is 1.72. The van der Waals surface area contributed by atoms with Gasteiger partial charge in [0.15, 0.2) is 12.1 Å². The smallest absolute Gasteiger partial charge is 0.285 e. The van der Waals surface area contributed by atoms with Gasteiger partial charge in [0.1, 0.15) is 23.6 Å². The Morgan fingerprint density at radius 2 is 2.13 bits per heavy atom. The second kappa shape index (κ2) is 7.46. The van der Waals surface area contributed by atoms with Crippen LogP contribution in [0.3, 0.4) is 0 Å². The van der Waals surface area contributed by atoms with Gasteiger partial charge in [-0.05, 0) is 43.5 Å². The lowest BCUT2D eigenvalue weighted by molar-refractivity contribution is -0.115. The van der Waals surface area contributed by atoms with Gasteiger partial charge in [0, 0.05) is 22.9 Å². The molecule has 0 bridgehead atoms. The van der Waals surface area contributed by atoms with Gasteiger partial charge in [0.2, 0.25) is 0 Å². The van der Waals surface area contributed by atoms with Gasteiger partial charge in [-0.1, -0.05) is 6.92 Å². The Hall–Kier alpha value is -2.81. The van der Waals surface area contributed by atoms with E-state index < -0.39 is 29.7 Å². The first-order valence-electron chi connectivity index (χ1n) is 9.76. The number of hydrogen-bond acceptors (Lipinski definition) is 5. The number of nitrogens with one attached hydrogen (secondary N) is 1. The number of carbonyl (C=O) groups is 1. The lowest BCUT2D eigenvalue weighted by atomic mass is 9.70. The highest BCUT2D eigenvalue weighted by Gasteiger charge is 2.57. The third kappa shape index (κ3) is 3.27. The number of amides is 1. The predicted molar refractivity (Wildman–Crippen MR) is 103 cm³/mol. The molecule has 1 aliphatic heterocycles. The van der Waals surface area contributed by atoms with Crippen LogP contribution in [0, 0.1) is 5.82 Å². The number of halogens is 3. The molecule has 0 unspecified atom stereocenters. The average Bonchev–Trinajstić information content (AvgIpc) is 3.45. The highest BCUT2D eigenvalue weighted by Crippen LogP contribution is 2.49. The summed E-state index contributed by atoms with van der Waals surface area (Å²) < 4.78 is 55.4. The third-order valence-electron chi connectivity index (χ3n) is 5.79. The summed E-state index contributed by atoms with van der Waals surface area (Å²) in [6.07, 6.45) is 4.21. The van der Waals surface area contributed by atoms with Gasteiger partial charge < -0.3 is 20.2 Å². The fourth-order valence-corrected chi connectivity index (χ4v) is 4.03. The first-order chi connectivity index (χ1) is 14.3. The first kappa shape index (κ1) is 20.5. The number of allylic oxidation sites excluding steroid dienone is 1. The molecule has 9 heteroatoms. The summed E-state index contributed by atoms with van der Waals surface area (Å²) in [5.74, 6) is -4.18. The highest BCUT2D eigenvalue weighted by atomic mass is 19.3. The van der Waals surface area contributed by atoms with Crippen molar-refractivity contribution in [3.8, 4) is 0 Å². The van der Waals surface area contributed by atoms with Gasteiger partial charge in [-0.2, -0.15) is 0 Å². The van der Waals surface area contributed by atoms with E-state index in [1.165, 1.54) is 31.5 Å². The van der Waals surface area contributed by atoms with Crippen LogP contribution in [-0.4, -0.2) is 30.0 Å². The number of ether oxygens (including phenoxy) is 1. The molecule has 0 saturated heterocycles. The van der Waals surface area contributed by atoms with Crippen molar-refractivity contribution in [1.82, 2.24) is 4.98 Å². The SMILES string of the molecule is CC[C@]1(c2cc(NC(=O)c3ncoc3C3CC3)ccc2F)C(N)=CCOCC1(F)F. The number of nitrogens with two attached hydrogens (primary N) is 1. The molecular weight excluding hydrogens is 399 g/mol. The molecule has 1 aromatic carbocycles. The molecule has 6 nitrogen and oxygen atoms in total. The minimum absolute atomic E-state index is 0.0860. The molecule has 1 aromatic heterocycles. The van der Waals surface area contributed by atoms with E-state index in [9.17, 15) is 9.18 Å². The highest BCUT2D eigenvalue weighted by molar-refractivity contribution is 6.03. The summed E-state index contributed by atoms with van der Waals surface area (Å²) in [7, 11) is 0. The van der Waals surface area contributed by atoms with Gasteiger partial charge >= 0.3 is 0 Å². The van der Waals surface area contributed by atoms with Gasteiger partial charge in [-0.25, -0.2) is 18.2 Å². The van der Waals surface area contributed by atoms with Crippen LogP contribution in [0.25, 0.3) is 0 Å². The van der Waals surface area contributed by atoms with E-state index in [0.717, 1.165) is 18.9 Å². The van der Waals surface area contributed by atoms with Crippen LogP contribution in [-0.2, 0) is 10.2 Å². The summed E-state index contributed by atoms with van der Waals surface area (Å²) in [6, 6.07) is 3.55. The molecule has 2 aliphatic rings. The van der Waals surface area contributed by atoms with Crippen LogP contribution in [0.1, 0.15) is 53.9 Å². The number of nitrogens with zero attached hydrogens (tertiary/aromatic N) is 1. The zero-order valence-electron chi connectivity index (χ0n) is 16.4. The number of carbonyl (C=O) groups excluding carboxylic acids is 1. The maximum atomic E-state index is 15.1. The number of hydrogen-bond donors (Lipinski definition) is 2. The molecule has 1 aliphatic carbocycles. The lowest BCUT2D eigenvalue weighted by Crippen LogP contribution is -2.51. The lowest BCUT2D eigenvalue weighted by Gasteiger charge is -2.39. The van der Waals surface area contributed by atoms with Crippen LogP contribution >= 0.6 is 0 Å². The Morgan fingerprint density at radius 1 is 1.37 bits per heavy atom. The zero-order valence-corrected chi connectivity index (χ0v) is 16.4. The van der Waals surface area contributed by atoms with Crippen molar-refractivity contribution < 1.29 is 27.1 Å². The Bertz CT molecular complexity index is 1000. The Kier molecular flexibility index (Phi) is 5.09. The molecule has 2 aromatic rings. The van der Waals surface area contributed by atoms with Crippen LogP contribution < -0.4 is 11.1 Å². The Morgan fingerprint density at radius 3 is 2.83 bits per heavy atom. The molecule has 0 radical (unpaired) electrons. The minimum Gasteiger partial charge on any atom is -0.447 e. The van der Waals surface area contributed by atoms with Crippen LogP contribution in [0.15, 0.2) is 40.8 Å². The number of alkyl halides is 2. The van der Waals surface area contributed by atoms with E-state index in [-0.39, 0.29) is 41.6 Å². The fraction of sp³-hybridized carbons (Fsp3) is 0.429. The van der Waals surface area contributed by atoms with Gasteiger partial charge in [0.05, 0.1) is 6.61 Å².